The van der Waals surface area contributed by atoms with E-state index < -0.39 is 11.9 Å². The average molecular weight is 406 g/mol. The highest BCUT2D eigenvalue weighted by Gasteiger charge is 2.32. The molecular formula is C19H15ClF3N5. The molecule has 0 saturated heterocycles. The van der Waals surface area contributed by atoms with Crippen LogP contribution in [0.5, 0.6) is 0 Å². The maximum Gasteiger partial charge on any atom is 0.433 e. The summed E-state index contributed by atoms with van der Waals surface area (Å²) in [6, 6.07) is 4.04. The van der Waals surface area contributed by atoms with Crippen LogP contribution in [0.15, 0.2) is 56.1 Å². The second kappa shape index (κ2) is 7.85. The van der Waals surface area contributed by atoms with E-state index in [2.05, 4.69) is 38.6 Å². The highest BCUT2D eigenvalue weighted by molar-refractivity contribution is 6.30. The van der Waals surface area contributed by atoms with E-state index in [1.165, 1.54) is 18.5 Å². The lowest BCUT2D eigenvalue weighted by Crippen LogP contribution is -2.07. The standard InChI is InChI=1S/C19H15ClF3N5/c1-11(5-13-3-4-17(25-7-13)19(21,22)23)18-16(10-26-28-18)27-12(2)14-6-15(20)9-24-8-14/h3-4,6-10,27H,1-2,5H2,(H,26,28). The summed E-state index contributed by atoms with van der Waals surface area (Å²) in [5, 5.41) is 10.4. The second-order valence-corrected chi connectivity index (χ2v) is 6.42. The summed E-state index contributed by atoms with van der Waals surface area (Å²) in [4.78, 5) is 7.47. The molecule has 5 nitrogen and oxygen atoms in total. The summed E-state index contributed by atoms with van der Waals surface area (Å²) in [5.74, 6) is 0. The van der Waals surface area contributed by atoms with Gasteiger partial charge in [0.1, 0.15) is 5.69 Å². The van der Waals surface area contributed by atoms with Crippen molar-refractivity contribution in [3.05, 3.63) is 83.7 Å². The van der Waals surface area contributed by atoms with Crippen LogP contribution < -0.4 is 5.32 Å². The van der Waals surface area contributed by atoms with Crippen molar-refractivity contribution >= 4 is 28.6 Å². The minimum atomic E-state index is -4.47. The molecule has 0 aliphatic carbocycles. The zero-order valence-electron chi connectivity index (χ0n) is 14.5. The molecule has 0 fully saturated rings. The van der Waals surface area contributed by atoms with Gasteiger partial charge in [-0.25, -0.2) is 0 Å². The van der Waals surface area contributed by atoms with Gasteiger partial charge < -0.3 is 5.32 Å². The van der Waals surface area contributed by atoms with Crippen molar-refractivity contribution in [3.63, 3.8) is 0 Å². The molecular weight excluding hydrogens is 391 g/mol. The second-order valence-electron chi connectivity index (χ2n) is 5.98. The number of hydrogen-bond donors (Lipinski definition) is 2. The minimum absolute atomic E-state index is 0.299. The first-order chi connectivity index (χ1) is 13.2. The Morgan fingerprint density at radius 2 is 1.93 bits per heavy atom. The van der Waals surface area contributed by atoms with Gasteiger partial charge in [0.15, 0.2) is 0 Å². The molecule has 28 heavy (non-hydrogen) atoms. The Hall–Kier alpha value is -3.13. The Kier molecular flexibility index (Phi) is 5.51. The van der Waals surface area contributed by atoms with E-state index in [0.29, 0.717) is 45.2 Å². The smallest absolute Gasteiger partial charge is 0.352 e. The van der Waals surface area contributed by atoms with Gasteiger partial charge in [0, 0.05) is 36.3 Å². The number of aromatic nitrogens is 4. The van der Waals surface area contributed by atoms with E-state index in [1.807, 2.05) is 0 Å². The molecule has 0 spiro atoms. The summed E-state index contributed by atoms with van der Waals surface area (Å²) in [5.41, 5.74) is 2.77. The van der Waals surface area contributed by atoms with Crippen LogP contribution >= 0.6 is 11.6 Å². The van der Waals surface area contributed by atoms with Crippen molar-refractivity contribution in [1.29, 1.82) is 0 Å². The van der Waals surface area contributed by atoms with Crippen molar-refractivity contribution < 1.29 is 13.2 Å². The first-order valence-electron chi connectivity index (χ1n) is 8.04. The molecule has 3 heterocycles. The van der Waals surface area contributed by atoms with Crippen molar-refractivity contribution in [3.8, 4) is 0 Å². The van der Waals surface area contributed by atoms with E-state index in [0.717, 1.165) is 6.07 Å². The predicted octanol–water partition coefficient (Wildman–Crippen LogP) is 5.21. The van der Waals surface area contributed by atoms with Gasteiger partial charge in [0.05, 0.1) is 22.6 Å². The summed E-state index contributed by atoms with van der Waals surface area (Å²) >= 11 is 5.94. The fourth-order valence-electron chi connectivity index (χ4n) is 2.49. The van der Waals surface area contributed by atoms with Crippen molar-refractivity contribution in [2.24, 2.45) is 0 Å². The highest BCUT2D eigenvalue weighted by atomic mass is 35.5. The Morgan fingerprint density at radius 3 is 2.57 bits per heavy atom. The van der Waals surface area contributed by atoms with Gasteiger partial charge in [-0.05, 0) is 23.3 Å². The molecule has 144 valence electrons. The van der Waals surface area contributed by atoms with E-state index in [4.69, 9.17) is 11.6 Å². The van der Waals surface area contributed by atoms with Gasteiger partial charge in [0.2, 0.25) is 0 Å². The van der Waals surface area contributed by atoms with E-state index in [-0.39, 0.29) is 0 Å². The summed E-state index contributed by atoms with van der Waals surface area (Å²) < 4.78 is 37.9. The molecule has 3 aromatic rings. The molecule has 3 aromatic heterocycles. The van der Waals surface area contributed by atoms with Crippen molar-refractivity contribution in [1.82, 2.24) is 20.2 Å². The Labute approximate surface area is 164 Å². The van der Waals surface area contributed by atoms with Crippen LogP contribution in [-0.2, 0) is 12.6 Å². The molecule has 0 atom stereocenters. The van der Waals surface area contributed by atoms with Crippen LogP contribution in [0.1, 0.15) is 22.5 Å². The summed E-state index contributed by atoms with van der Waals surface area (Å²) in [7, 11) is 0. The average Bonchev–Trinajstić information content (AvgIpc) is 3.09. The molecule has 0 unspecified atom stereocenters. The first kappa shape index (κ1) is 19.6. The van der Waals surface area contributed by atoms with Gasteiger partial charge in [0.25, 0.3) is 0 Å². The zero-order chi connectivity index (χ0) is 20.3. The Bertz CT molecular complexity index is 1010. The Morgan fingerprint density at radius 1 is 1.14 bits per heavy atom. The number of hydrogen-bond acceptors (Lipinski definition) is 4. The fraction of sp³-hybridized carbons (Fsp3) is 0.105. The first-order valence-corrected chi connectivity index (χ1v) is 8.42. The SMILES string of the molecule is C=C(Nc1cn[nH]c1C(=C)Cc1ccc(C(F)(F)F)nc1)c1cncc(Cl)c1. The minimum Gasteiger partial charge on any atom is -0.352 e. The topological polar surface area (TPSA) is 66.5 Å². The monoisotopic (exact) mass is 405 g/mol. The quantitative estimate of drug-likeness (QED) is 0.590. The molecule has 3 rings (SSSR count). The van der Waals surface area contributed by atoms with Gasteiger partial charge in [-0.2, -0.15) is 18.3 Å². The lowest BCUT2D eigenvalue weighted by Gasteiger charge is -2.12. The number of anilines is 1. The summed E-state index contributed by atoms with van der Waals surface area (Å²) in [6.07, 6.45) is 1.71. The third-order valence-corrected chi connectivity index (χ3v) is 4.07. The number of pyridine rings is 2. The molecule has 0 aliphatic heterocycles. The number of halogens is 4. The van der Waals surface area contributed by atoms with Crippen LogP contribution in [-0.4, -0.2) is 20.2 Å². The molecule has 0 aliphatic rings. The number of nitrogens with zero attached hydrogens (tertiary/aromatic N) is 3. The largest absolute Gasteiger partial charge is 0.433 e. The van der Waals surface area contributed by atoms with Crippen LogP contribution in [0.2, 0.25) is 5.02 Å². The van der Waals surface area contributed by atoms with E-state index >= 15 is 0 Å². The van der Waals surface area contributed by atoms with Crippen LogP contribution in [0, 0.1) is 0 Å². The molecule has 0 bridgehead atoms. The third-order valence-electron chi connectivity index (χ3n) is 3.86. The molecule has 9 heteroatoms. The number of aromatic amines is 1. The normalized spacial score (nSPS) is 11.3. The summed E-state index contributed by atoms with van der Waals surface area (Å²) in [6.45, 7) is 7.95. The zero-order valence-corrected chi connectivity index (χ0v) is 15.3. The molecule has 0 aromatic carbocycles. The number of allylic oxidation sites excluding steroid dienone is 1. The van der Waals surface area contributed by atoms with Gasteiger partial charge in [-0.1, -0.05) is 30.8 Å². The number of nitrogens with one attached hydrogen (secondary N) is 2. The van der Waals surface area contributed by atoms with Gasteiger partial charge in [-0.3, -0.25) is 15.1 Å². The Balaban J connectivity index is 1.72. The lowest BCUT2D eigenvalue weighted by molar-refractivity contribution is -0.141. The predicted molar refractivity (Wildman–Crippen MR) is 102 cm³/mol. The van der Waals surface area contributed by atoms with E-state index in [9.17, 15) is 13.2 Å². The number of H-pyrrole nitrogens is 1. The molecule has 0 radical (unpaired) electrons. The van der Waals surface area contributed by atoms with Crippen LogP contribution in [0.3, 0.4) is 0 Å². The molecule has 0 amide bonds. The van der Waals surface area contributed by atoms with Crippen molar-refractivity contribution in [2.75, 3.05) is 5.32 Å². The number of alkyl halides is 3. The van der Waals surface area contributed by atoms with Crippen LogP contribution in [0.4, 0.5) is 18.9 Å². The van der Waals surface area contributed by atoms with Crippen LogP contribution in [0.25, 0.3) is 11.3 Å². The fourth-order valence-corrected chi connectivity index (χ4v) is 2.67. The van der Waals surface area contributed by atoms with Crippen molar-refractivity contribution in [2.45, 2.75) is 12.6 Å². The van der Waals surface area contributed by atoms with Gasteiger partial charge in [-0.15, -0.1) is 0 Å². The molecule has 2 N–H and O–H groups in total. The maximum atomic E-state index is 12.6. The maximum absolute atomic E-state index is 12.6. The number of rotatable bonds is 6. The third kappa shape index (κ3) is 4.58. The highest BCUT2D eigenvalue weighted by Crippen LogP contribution is 2.29. The lowest BCUT2D eigenvalue weighted by atomic mass is 10.0. The van der Waals surface area contributed by atoms with E-state index in [1.54, 1.807) is 18.5 Å². The molecule has 0 saturated carbocycles. The van der Waals surface area contributed by atoms with Gasteiger partial charge >= 0.3 is 6.18 Å².